The van der Waals surface area contributed by atoms with Gasteiger partial charge in [-0.15, -0.1) is 0 Å². The first-order valence-corrected chi connectivity index (χ1v) is 9.71. The molecule has 1 aliphatic rings. The van der Waals surface area contributed by atoms with Crippen molar-refractivity contribution in [1.82, 2.24) is 10.2 Å². The Morgan fingerprint density at radius 1 is 1.35 bits per heavy atom. The molecule has 6 heteroatoms. The molecule has 144 valence electrons. The molecule has 0 bridgehead atoms. The summed E-state index contributed by atoms with van der Waals surface area (Å²) in [4.78, 5) is 15.0. The van der Waals surface area contributed by atoms with E-state index in [4.69, 9.17) is 15.9 Å². The molecule has 1 unspecified atom stereocenters. The van der Waals surface area contributed by atoms with Gasteiger partial charge in [0.2, 0.25) is 0 Å². The van der Waals surface area contributed by atoms with Crippen molar-refractivity contribution in [2.45, 2.75) is 51.6 Å². The van der Waals surface area contributed by atoms with Crippen molar-refractivity contribution in [3.05, 3.63) is 29.8 Å². The lowest BCUT2D eigenvalue weighted by Crippen LogP contribution is -2.40. The molecule has 1 aliphatic heterocycles. The summed E-state index contributed by atoms with van der Waals surface area (Å²) in [6.45, 7) is 6.11. The first kappa shape index (κ1) is 20.2. The molecule has 2 rings (SSSR count). The Hall–Kier alpha value is -2.08. The Kier molecular flexibility index (Phi) is 8.41. The van der Waals surface area contributed by atoms with Crippen molar-refractivity contribution in [2.24, 2.45) is 5.73 Å². The highest BCUT2D eigenvalue weighted by molar-refractivity contribution is 5.95. The average Bonchev–Trinajstić information content (AvgIpc) is 2.66. The van der Waals surface area contributed by atoms with Gasteiger partial charge in [0, 0.05) is 12.1 Å². The summed E-state index contributed by atoms with van der Waals surface area (Å²) in [5.41, 5.74) is 6.12. The van der Waals surface area contributed by atoms with Crippen LogP contribution < -0.4 is 15.8 Å². The van der Waals surface area contributed by atoms with E-state index in [1.54, 1.807) is 24.3 Å². The molecular formula is C20H32N4O2. The predicted octanol–water partition coefficient (Wildman–Crippen LogP) is 2.51. The molecule has 1 saturated heterocycles. The minimum atomic E-state index is -0.516. The number of amides is 1. The fraction of sp³-hybridized carbons (Fsp3) is 0.600. The Balaban J connectivity index is 1.80. The van der Waals surface area contributed by atoms with Crippen LogP contribution in [0.2, 0.25) is 0 Å². The molecule has 0 saturated carbocycles. The number of nitrogens with zero attached hydrogens (tertiary/aromatic N) is 1. The quantitative estimate of drug-likeness (QED) is 0.340. The van der Waals surface area contributed by atoms with Crippen LogP contribution in [0.3, 0.4) is 0 Å². The molecule has 1 fully saturated rings. The van der Waals surface area contributed by atoms with Crippen LogP contribution in [-0.4, -0.2) is 48.9 Å². The number of likely N-dealkylation sites (tertiary alicyclic amines) is 1. The van der Waals surface area contributed by atoms with Gasteiger partial charge in [-0.05, 0) is 57.5 Å². The lowest BCUT2D eigenvalue weighted by Gasteiger charge is -2.26. The van der Waals surface area contributed by atoms with Crippen LogP contribution in [0.1, 0.15) is 51.0 Å². The summed E-state index contributed by atoms with van der Waals surface area (Å²) < 4.78 is 5.88. The number of piperidine rings is 1. The number of carbonyl (C=O) groups is 1. The van der Waals surface area contributed by atoms with E-state index >= 15 is 0 Å². The zero-order chi connectivity index (χ0) is 18.8. The van der Waals surface area contributed by atoms with E-state index in [2.05, 4.69) is 10.2 Å². The number of nitrogen functional groups attached to an aromatic ring is 1. The number of nitrogens with two attached hydrogens (primary N) is 1. The number of amidine groups is 1. The normalized spacial score (nSPS) is 16.0. The Bertz CT molecular complexity index is 585. The fourth-order valence-electron chi connectivity index (χ4n) is 3.22. The number of nitrogens with one attached hydrogen (secondary N) is 2. The standard InChI is InChI=1S/C20H32N4O2/c1-2-8-18(26-17-10-6-9-16(15-17)19(21)22)20(25)23-11-7-14-24-12-4-3-5-13-24/h6,9-10,15,18H,2-5,7-8,11-14H2,1H3,(H3,21,22)(H,23,25). The van der Waals surface area contributed by atoms with Crippen molar-refractivity contribution >= 4 is 11.7 Å². The third kappa shape index (κ3) is 6.67. The fourth-order valence-corrected chi connectivity index (χ4v) is 3.22. The molecule has 1 heterocycles. The molecule has 4 N–H and O–H groups in total. The van der Waals surface area contributed by atoms with Gasteiger partial charge in [0.05, 0.1) is 0 Å². The predicted molar refractivity (Wildman–Crippen MR) is 105 cm³/mol. The molecule has 1 atom stereocenters. The Morgan fingerprint density at radius 3 is 2.81 bits per heavy atom. The van der Waals surface area contributed by atoms with E-state index in [0.717, 1.165) is 19.4 Å². The van der Waals surface area contributed by atoms with Gasteiger partial charge in [-0.1, -0.05) is 31.9 Å². The second-order valence-electron chi connectivity index (χ2n) is 6.88. The van der Waals surface area contributed by atoms with Crippen molar-refractivity contribution in [3.8, 4) is 5.75 Å². The number of rotatable bonds is 10. The van der Waals surface area contributed by atoms with Gasteiger partial charge in [-0.2, -0.15) is 0 Å². The van der Waals surface area contributed by atoms with Gasteiger partial charge in [0.15, 0.2) is 6.10 Å². The highest BCUT2D eigenvalue weighted by atomic mass is 16.5. The molecule has 26 heavy (non-hydrogen) atoms. The lowest BCUT2D eigenvalue weighted by molar-refractivity contribution is -0.128. The van der Waals surface area contributed by atoms with Gasteiger partial charge in [0.1, 0.15) is 11.6 Å². The van der Waals surface area contributed by atoms with Gasteiger partial charge in [-0.3, -0.25) is 10.2 Å². The summed E-state index contributed by atoms with van der Waals surface area (Å²) in [6.07, 6.45) is 5.88. The summed E-state index contributed by atoms with van der Waals surface area (Å²) >= 11 is 0. The summed E-state index contributed by atoms with van der Waals surface area (Å²) in [7, 11) is 0. The number of hydrogen-bond donors (Lipinski definition) is 3. The highest BCUT2D eigenvalue weighted by Gasteiger charge is 2.19. The van der Waals surface area contributed by atoms with Gasteiger partial charge in [0.25, 0.3) is 5.91 Å². The molecule has 6 nitrogen and oxygen atoms in total. The maximum atomic E-state index is 12.5. The number of benzene rings is 1. The first-order chi connectivity index (χ1) is 12.6. The molecule has 0 spiro atoms. The van der Waals surface area contributed by atoms with E-state index in [-0.39, 0.29) is 11.7 Å². The van der Waals surface area contributed by atoms with Crippen LogP contribution in [0, 0.1) is 5.41 Å². The maximum absolute atomic E-state index is 12.5. The second-order valence-corrected chi connectivity index (χ2v) is 6.88. The van der Waals surface area contributed by atoms with Crippen LogP contribution in [0.4, 0.5) is 0 Å². The molecule has 0 aromatic heterocycles. The topological polar surface area (TPSA) is 91.4 Å². The van der Waals surface area contributed by atoms with Crippen molar-refractivity contribution in [2.75, 3.05) is 26.2 Å². The van der Waals surface area contributed by atoms with Crippen LogP contribution in [0.15, 0.2) is 24.3 Å². The van der Waals surface area contributed by atoms with Gasteiger partial charge < -0.3 is 20.7 Å². The number of hydrogen-bond acceptors (Lipinski definition) is 4. The molecule has 0 radical (unpaired) electrons. The Labute approximate surface area is 156 Å². The van der Waals surface area contributed by atoms with Crippen molar-refractivity contribution in [1.29, 1.82) is 5.41 Å². The van der Waals surface area contributed by atoms with Crippen LogP contribution >= 0.6 is 0 Å². The monoisotopic (exact) mass is 360 g/mol. The molecular weight excluding hydrogens is 328 g/mol. The zero-order valence-corrected chi connectivity index (χ0v) is 15.8. The van der Waals surface area contributed by atoms with E-state index < -0.39 is 6.10 Å². The zero-order valence-electron chi connectivity index (χ0n) is 15.8. The Morgan fingerprint density at radius 2 is 2.12 bits per heavy atom. The number of ether oxygens (including phenoxy) is 1. The van der Waals surface area contributed by atoms with Gasteiger partial charge >= 0.3 is 0 Å². The van der Waals surface area contributed by atoms with E-state index in [1.165, 1.54) is 32.4 Å². The van der Waals surface area contributed by atoms with Crippen molar-refractivity contribution in [3.63, 3.8) is 0 Å². The minimum absolute atomic E-state index is 0.00958. The molecule has 1 aromatic carbocycles. The lowest BCUT2D eigenvalue weighted by atomic mass is 10.1. The maximum Gasteiger partial charge on any atom is 0.261 e. The largest absolute Gasteiger partial charge is 0.481 e. The molecule has 0 aliphatic carbocycles. The van der Waals surface area contributed by atoms with Crippen LogP contribution in [0.5, 0.6) is 5.75 Å². The molecule has 1 aromatic rings. The first-order valence-electron chi connectivity index (χ1n) is 9.71. The minimum Gasteiger partial charge on any atom is -0.481 e. The average molecular weight is 361 g/mol. The van der Waals surface area contributed by atoms with Gasteiger partial charge in [-0.25, -0.2) is 0 Å². The smallest absolute Gasteiger partial charge is 0.261 e. The van der Waals surface area contributed by atoms with Crippen LogP contribution in [0.25, 0.3) is 0 Å². The number of carbonyl (C=O) groups excluding carboxylic acids is 1. The third-order valence-corrected chi connectivity index (χ3v) is 4.67. The highest BCUT2D eigenvalue weighted by Crippen LogP contribution is 2.17. The van der Waals surface area contributed by atoms with Crippen molar-refractivity contribution < 1.29 is 9.53 Å². The SMILES string of the molecule is CCCC(Oc1cccc(C(=N)N)c1)C(=O)NCCCN1CCCCC1. The second kappa shape index (κ2) is 10.8. The van der Waals surface area contributed by atoms with E-state index in [9.17, 15) is 4.79 Å². The van der Waals surface area contributed by atoms with E-state index in [0.29, 0.717) is 24.3 Å². The van der Waals surface area contributed by atoms with Crippen LogP contribution in [-0.2, 0) is 4.79 Å². The van der Waals surface area contributed by atoms with E-state index in [1.807, 2.05) is 6.92 Å². The third-order valence-electron chi connectivity index (χ3n) is 4.67. The molecule has 1 amide bonds. The summed E-state index contributed by atoms with van der Waals surface area (Å²) in [5.74, 6) is 0.489. The summed E-state index contributed by atoms with van der Waals surface area (Å²) in [5, 5.41) is 10.5. The summed E-state index contributed by atoms with van der Waals surface area (Å²) in [6, 6.07) is 7.03.